The first-order valence-electron chi connectivity index (χ1n) is 5.42. The first-order chi connectivity index (χ1) is 9.12. The highest BCUT2D eigenvalue weighted by molar-refractivity contribution is 6.31. The summed E-state index contributed by atoms with van der Waals surface area (Å²) in [6.07, 6.45) is 3.31. The number of rotatable bonds is 3. The number of hydrogen-bond donors (Lipinski definition) is 0. The summed E-state index contributed by atoms with van der Waals surface area (Å²) in [6.45, 7) is 0.0438. The third-order valence-corrected chi connectivity index (χ3v) is 2.73. The van der Waals surface area contributed by atoms with Crippen LogP contribution in [0.15, 0.2) is 30.6 Å². The maximum Gasteiger partial charge on any atom is 0.327 e. The van der Waals surface area contributed by atoms with E-state index < -0.39 is 0 Å². The molecule has 6 heteroatoms. The lowest BCUT2D eigenvalue weighted by molar-refractivity contribution is -0.141. The number of carbonyl (C=O) groups is 1. The van der Waals surface area contributed by atoms with Crippen LogP contribution >= 0.6 is 11.6 Å². The molecular weight excluding hydrogens is 266 g/mol. The normalized spacial score (nSPS) is 9.95. The number of methoxy groups -OCH3 is 1. The lowest BCUT2D eigenvalue weighted by atomic mass is 10.1. The Kier molecular flexibility index (Phi) is 3.83. The molecule has 0 fully saturated rings. The smallest absolute Gasteiger partial charge is 0.327 e. The Hall–Kier alpha value is -2.32. The molecule has 0 N–H and O–H groups in total. The molecule has 0 saturated carbocycles. The monoisotopic (exact) mass is 275 g/mol. The second-order valence-electron chi connectivity index (χ2n) is 3.84. The molecule has 0 atom stereocenters. The molecule has 0 bridgehead atoms. The number of ether oxygens (including phenoxy) is 1. The molecule has 1 heterocycles. The Morgan fingerprint density at radius 2 is 2.26 bits per heavy atom. The fourth-order valence-corrected chi connectivity index (χ4v) is 1.85. The van der Waals surface area contributed by atoms with Gasteiger partial charge in [-0.1, -0.05) is 11.6 Å². The van der Waals surface area contributed by atoms with Crippen molar-refractivity contribution in [1.29, 1.82) is 5.26 Å². The van der Waals surface area contributed by atoms with Crippen molar-refractivity contribution in [3.63, 3.8) is 0 Å². The number of carbonyl (C=O) groups excluding carboxylic acids is 1. The number of aromatic nitrogens is 2. The molecular formula is C13H10ClN3O2. The zero-order valence-corrected chi connectivity index (χ0v) is 10.9. The van der Waals surface area contributed by atoms with E-state index in [1.54, 1.807) is 30.6 Å². The van der Waals surface area contributed by atoms with Crippen LogP contribution in [0.25, 0.3) is 11.1 Å². The second-order valence-corrected chi connectivity index (χ2v) is 4.28. The quantitative estimate of drug-likeness (QED) is 0.806. The van der Waals surface area contributed by atoms with Gasteiger partial charge < -0.3 is 4.74 Å². The van der Waals surface area contributed by atoms with Crippen molar-refractivity contribution in [2.45, 2.75) is 6.54 Å². The van der Waals surface area contributed by atoms with Crippen molar-refractivity contribution in [2.24, 2.45) is 0 Å². The predicted molar refractivity (Wildman–Crippen MR) is 69.4 cm³/mol. The summed E-state index contributed by atoms with van der Waals surface area (Å²) in [6, 6.07) is 7.08. The number of halogens is 1. The average Bonchev–Trinajstić information content (AvgIpc) is 2.86. The van der Waals surface area contributed by atoms with Crippen LogP contribution < -0.4 is 0 Å². The standard InChI is InChI=1S/C13H10ClN3O2/c1-19-13(18)8-17-7-11(6-16-17)10-2-9(5-15)3-12(14)4-10/h2-4,6-7H,8H2,1H3. The third-order valence-electron chi connectivity index (χ3n) is 2.51. The number of nitriles is 1. The van der Waals surface area contributed by atoms with Crippen LogP contribution in [0.1, 0.15) is 5.56 Å². The van der Waals surface area contributed by atoms with Crippen molar-refractivity contribution >= 4 is 17.6 Å². The van der Waals surface area contributed by atoms with Gasteiger partial charge in [0.25, 0.3) is 0 Å². The van der Waals surface area contributed by atoms with E-state index in [1.807, 2.05) is 6.07 Å². The fourth-order valence-electron chi connectivity index (χ4n) is 1.62. The van der Waals surface area contributed by atoms with Gasteiger partial charge in [0.2, 0.25) is 0 Å². The van der Waals surface area contributed by atoms with Crippen LogP contribution in [0.2, 0.25) is 5.02 Å². The van der Waals surface area contributed by atoms with Gasteiger partial charge in [0, 0.05) is 16.8 Å². The molecule has 2 rings (SSSR count). The Bertz CT molecular complexity index is 658. The Labute approximate surface area is 115 Å². The predicted octanol–water partition coefficient (Wildman–Crippen LogP) is 2.25. The Balaban J connectivity index is 2.30. The summed E-state index contributed by atoms with van der Waals surface area (Å²) in [7, 11) is 1.32. The lowest BCUT2D eigenvalue weighted by Crippen LogP contribution is -2.11. The molecule has 5 nitrogen and oxygen atoms in total. The molecule has 0 saturated heterocycles. The first kappa shape index (κ1) is 13.1. The molecule has 0 aliphatic rings. The number of nitrogens with zero attached hydrogens (tertiary/aromatic N) is 3. The minimum absolute atomic E-state index is 0.0438. The van der Waals surface area contributed by atoms with Gasteiger partial charge in [0.05, 0.1) is 24.9 Å². The van der Waals surface area contributed by atoms with E-state index in [1.165, 1.54) is 11.8 Å². The van der Waals surface area contributed by atoms with Crippen molar-refractivity contribution in [1.82, 2.24) is 9.78 Å². The van der Waals surface area contributed by atoms with Gasteiger partial charge in [0.1, 0.15) is 6.54 Å². The summed E-state index contributed by atoms with van der Waals surface area (Å²) >= 11 is 5.94. The molecule has 0 amide bonds. The highest BCUT2D eigenvalue weighted by atomic mass is 35.5. The minimum Gasteiger partial charge on any atom is -0.468 e. The topological polar surface area (TPSA) is 67.9 Å². The van der Waals surface area contributed by atoms with Gasteiger partial charge >= 0.3 is 5.97 Å². The number of benzene rings is 1. The van der Waals surface area contributed by atoms with E-state index in [0.29, 0.717) is 10.6 Å². The zero-order valence-electron chi connectivity index (χ0n) is 10.1. The van der Waals surface area contributed by atoms with Crippen LogP contribution in [0, 0.1) is 11.3 Å². The maximum absolute atomic E-state index is 11.1. The van der Waals surface area contributed by atoms with Crippen molar-refractivity contribution < 1.29 is 9.53 Å². The first-order valence-corrected chi connectivity index (χ1v) is 5.80. The molecule has 2 aromatic rings. The lowest BCUT2D eigenvalue weighted by Gasteiger charge is -2.00. The third kappa shape index (κ3) is 3.12. The summed E-state index contributed by atoms with van der Waals surface area (Å²) < 4.78 is 6.03. The summed E-state index contributed by atoms with van der Waals surface area (Å²) in [5, 5.41) is 13.4. The molecule has 0 radical (unpaired) electrons. The SMILES string of the molecule is COC(=O)Cn1cc(-c2cc(Cl)cc(C#N)c2)cn1. The van der Waals surface area contributed by atoms with Crippen molar-refractivity contribution in [3.05, 3.63) is 41.2 Å². The molecule has 96 valence electrons. The van der Waals surface area contributed by atoms with Gasteiger partial charge in [-0.05, 0) is 23.8 Å². The van der Waals surface area contributed by atoms with Crippen LogP contribution in [0.5, 0.6) is 0 Å². The molecule has 1 aromatic heterocycles. The van der Waals surface area contributed by atoms with E-state index in [4.69, 9.17) is 16.9 Å². The molecule has 0 aliphatic heterocycles. The van der Waals surface area contributed by atoms with Gasteiger partial charge in [-0.25, -0.2) is 0 Å². The van der Waals surface area contributed by atoms with E-state index in [0.717, 1.165) is 11.1 Å². The highest BCUT2D eigenvalue weighted by Crippen LogP contribution is 2.24. The van der Waals surface area contributed by atoms with Gasteiger partial charge in [-0.15, -0.1) is 0 Å². The van der Waals surface area contributed by atoms with Crippen LogP contribution in [0.4, 0.5) is 0 Å². The van der Waals surface area contributed by atoms with E-state index >= 15 is 0 Å². The molecule has 1 aromatic carbocycles. The van der Waals surface area contributed by atoms with Gasteiger partial charge in [0.15, 0.2) is 0 Å². The second kappa shape index (κ2) is 5.55. The van der Waals surface area contributed by atoms with Crippen molar-refractivity contribution in [3.8, 4) is 17.2 Å². The molecule has 0 aliphatic carbocycles. The summed E-state index contributed by atoms with van der Waals surface area (Å²) in [4.78, 5) is 11.1. The molecule has 19 heavy (non-hydrogen) atoms. The van der Waals surface area contributed by atoms with Gasteiger partial charge in [-0.3, -0.25) is 9.48 Å². The van der Waals surface area contributed by atoms with Crippen molar-refractivity contribution in [2.75, 3.05) is 7.11 Å². The van der Waals surface area contributed by atoms with E-state index in [-0.39, 0.29) is 12.5 Å². The molecule has 0 unspecified atom stereocenters. The minimum atomic E-state index is -0.376. The van der Waals surface area contributed by atoms with Crippen LogP contribution in [0.3, 0.4) is 0 Å². The summed E-state index contributed by atoms with van der Waals surface area (Å²) in [5.74, 6) is -0.376. The number of hydrogen-bond acceptors (Lipinski definition) is 4. The van der Waals surface area contributed by atoms with Crippen LogP contribution in [-0.2, 0) is 16.1 Å². The zero-order chi connectivity index (χ0) is 13.8. The Morgan fingerprint density at radius 3 is 2.95 bits per heavy atom. The highest BCUT2D eigenvalue weighted by Gasteiger charge is 2.07. The maximum atomic E-state index is 11.1. The summed E-state index contributed by atoms with van der Waals surface area (Å²) in [5.41, 5.74) is 2.03. The van der Waals surface area contributed by atoms with E-state index in [9.17, 15) is 4.79 Å². The fraction of sp³-hybridized carbons (Fsp3) is 0.154. The van der Waals surface area contributed by atoms with Crippen LogP contribution in [-0.4, -0.2) is 22.9 Å². The Morgan fingerprint density at radius 1 is 1.47 bits per heavy atom. The molecule has 0 spiro atoms. The van der Waals surface area contributed by atoms with Gasteiger partial charge in [-0.2, -0.15) is 10.4 Å². The van der Waals surface area contributed by atoms with E-state index in [2.05, 4.69) is 9.84 Å². The largest absolute Gasteiger partial charge is 0.468 e. The average molecular weight is 276 g/mol. The number of esters is 1.